The maximum atomic E-state index is 9.37. The normalized spacial score (nSPS) is 8.82. The highest BCUT2D eigenvalue weighted by atomic mass is 16.5. The molecule has 0 aromatic rings. The van der Waals surface area contributed by atoms with E-state index >= 15 is 0 Å². The zero-order chi connectivity index (χ0) is 9.28. The highest BCUT2D eigenvalue weighted by Gasteiger charge is 1.84. The molecule has 0 aliphatic carbocycles. The van der Waals surface area contributed by atoms with E-state index in [9.17, 15) is 4.79 Å². The lowest BCUT2D eigenvalue weighted by molar-refractivity contribution is -0.136. The number of nitrogens with zero attached hydrogens (tertiary/aromatic N) is 1. The van der Waals surface area contributed by atoms with E-state index in [1.807, 2.05) is 13.8 Å². The highest BCUT2D eigenvalue weighted by Crippen LogP contribution is 1.73. The molecular weight excluding hydrogens is 146 g/mol. The van der Waals surface area contributed by atoms with E-state index in [1.165, 1.54) is 5.06 Å². The van der Waals surface area contributed by atoms with Crippen LogP contribution in [-0.4, -0.2) is 34.4 Å². The third kappa shape index (κ3) is 17.7. The Morgan fingerprint density at radius 3 is 1.55 bits per heavy atom. The van der Waals surface area contributed by atoms with Gasteiger partial charge in [-0.1, -0.05) is 20.8 Å². The molecule has 0 heterocycles. The van der Waals surface area contributed by atoms with E-state index < -0.39 is 5.97 Å². The van der Waals surface area contributed by atoms with Gasteiger partial charge in [0, 0.05) is 19.5 Å². The molecule has 0 aromatic carbocycles. The van der Waals surface area contributed by atoms with Crippen molar-refractivity contribution >= 4 is 5.97 Å². The van der Waals surface area contributed by atoms with Crippen molar-refractivity contribution < 1.29 is 15.1 Å². The van der Waals surface area contributed by atoms with Gasteiger partial charge >= 0.3 is 5.97 Å². The average molecular weight is 163 g/mol. The molecule has 0 rings (SSSR count). The summed E-state index contributed by atoms with van der Waals surface area (Å²) in [5.41, 5.74) is 0. The van der Waals surface area contributed by atoms with E-state index in [2.05, 4.69) is 0 Å². The van der Waals surface area contributed by atoms with Crippen LogP contribution < -0.4 is 0 Å². The molecule has 0 aliphatic rings. The molecule has 2 N–H and O–H groups in total. The molecule has 4 nitrogen and oxygen atoms in total. The molecule has 11 heavy (non-hydrogen) atoms. The molecule has 0 bridgehead atoms. The lowest BCUT2D eigenvalue weighted by Gasteiger charge is -2.05. The van der Waals surface area contributed by atoms with Crippen molar-refractivity contribution in [3.63, 3.8) is 0 Å². The van der Waals surface area contributed by atoms with Crippen LogP contribution in [0.1, 0.15) is 27.2 Å². The van der Waals surface area contributed by atoms with E-state index in [1.54, 1.807) is 6.92 Å². The van der Waals surface area contributed by atoms with Crippen LogP contribution in [0.3, 0.4) is 0 Å². The van der Waals surface area contributed by atoms with Gasteiger partial charge in [-0.2, -0.15) is 5.06 Å². The molecular formula is C7H17NO3. The summed E-state index contributed by atoms with van der Waals surface area (Å²) in [7, 11) is 0. The molecule has 0 aromatic heterocycles. The first-order chi connectivity index (χ1) is 5.08. The largest absolute Gasteiger partial charge is 0.481 e. The van der Waals surface area contributed by atoms with Gasteiger partial charge in [0.2, 0.25) is 0 Å². The molecule has 0 unspecified atom stereocenters. The van der Waals surface area contributed by atoms with Crippen LogP contribution in [0.4, 0.5) is 0 Å². The van der Waals surface area contributed by atoms with E-state index in [0.29, 0.717) is 0 Å². The van der Waals surface area contributed by atoms with Crippen LogP contribution in [0.5, 0.6) is 0 Å². The minimum atomic E-state index is -0.745. The van der Waals surface area contributed by atoms with Crippen LogP contribution in [0.15, 0.2) is 0 Å². The van der Waals surface area contributed by atoms with Crippen LogP contribution in [0.25, 0.3) is 0 Å². The Morgan fingerprint density at radius 2 is 1.55 bits per heavy atom. The SMILES string of the molecule is CCC(=O)O.CCN(O)CC. The summed E-state index contributed by atoms with van der Waals surface area (Å²) in [5.74, 6) is -0.745. The van der Waals surface area contributed by atoms with Gasteiger partial charge in [-0.15, -0.1) is 0 Å². The Kier molecular flexibility index (Phi) is 11.1. The lowest BCUT2D eigenvalue weighted by Crippen LogP contribution is -2.16. The quantitative estimate of drug-likeness (QED) is 0.614. The van der Waals surface area contributed by atoms with Gasteiger partial charge < -0.3 is 10.3 Å². The molecule has 68 valence electrons. The molecule has 0 amide bonds. The number of aliphatic carboxylic acids is 1. The molecule has 0 radical (unpaired) electrons. The standard InChI is InChI=1S/C4H11NO.C3H6O2/c1-3-5(6)4-2;1-2-3(4)5/h6H,3-4H2,1-2H3;2H2,1H3,(H,4,5). The Bertz CT molecular complexity index is 91.7. The zero-order valence-electron chi connectivity index (χ0n) is 7.37. The monoisotopic (exact) mass is 163 g/mol. The highest BCUT2D eigenvalue weighted by molar-refractivity contribution is 5.66. The molecule has 0 saturated carbocycles. The molecule has 0 saturated heterocycles. The van der Waals surface area contributed by atoms with E-state index in [4.69, 9.17) is 10.3 Å². The predicted molar refractivity (Wildman–Crippen MR) is 42.6 cm³/mol. The van der Waals surface area contributed by atoms with E-state index in [0.717, 1.165) is 13.1 Å². The summed E-state index contributed by atoms with van der Waals surface area (Å²) in [6, 6.07) is 0. The Labute approximate surface area is 67.4 Å². The van der Waals surface area contributed by atoms with Gasteiger partial charge in [0.15, 0.2) is 0 Å². The second kappa shape index (κ2) is 9.39. The maximum absolute atomic E-state index is 9.37. The fourth-order valence-corrected chi connectivity index (χ4v) is 0.224. The Balaban J connectivity index is 0. The first-order valence-corrected chi connectivity index (χ1v) is 3.74. The third-order valence-corrected chi connectivity index (χ3v) is 1.03. The number of hydrogen-bond donors (Lipinski definition) is 2. The number of carboxylic acid groups (broad SMARTS) is 1. The molecule has 4 heteroatoms. The van der Waals surface area contributed by atoms with Gasteiger partial charge in [-0.05, 0) is 0 Å². The lowest BCUT2D eigenvalue weighted by atomic mass is 10.5. The number of rotatable bonds is 3. The summed E-state index contributed by atoms with van der Waals surface area (Å²) in [6.07, 6.45) is 0.222. The Hall–Kier alpha value is -0.610. The van der Waals surface area contributed by atoms with Crippen LogP contribution in [-0.2, 0) is 4.79 Å². The Morgan fingerprint density at radius 1 is 1.27 bits per heavy atom. The van der Waals surface area contributed by atoms with Gasteiger partial charge in [-0.3, -0.25) is 4.79 Å². The van der Waals surface area contributed by atoms with Crippen molar-refractivity contribution in [2.24, 2.45) is 0 Å². The minimum Gasteiger partial charge on any atom is -0.481 e. The van der Waals surface area contributed by atoms with Crippen molar-refractivity contribution in [3.8, 4) is 0 Å². The molecule has 0 aliphatic heterocycles. The molecule has 0 atom stereocenters. The average Bonchev–Trinajstić information content (AvgIpc) is 2.04. The van der Waals surface area contributed by atoms with Crippen LogP contribution >= 0.6 is 0 Å². The number of hydroxylamine groups is 2. The summed E-state index contributed by atoms with van der Waals surface area (Å²) in [5, 5.41) is 17.5. The van der Waals surface area contributed by atoms with Crippen molar-refractivity contribution in [3.05, 3.63) is 0 Å². The third-order valence-electron chi connectivity index (χ3n) is 1.03. The van der Waals surface area contributed by atoms with Crippen molar-refractivity contribution in [2.45, 2.75) is 27.2 Å². The second-order valence-corrected chi connectivity index (χ2v) is 1.89. The fraction of sp³-hybridized carbons (Fsp3) is 0.857. The van der Waals surface area contributed by atoms with Gasteiger partial charge in [0.1, 0.15) is 0 Å². The number of carbonyl (C=O) groups is 1. The topological polar surface area (TPSA) is 60.8 Å². The smallest absolute Gasteiger partial charge is 0.303 e. The summed E-state index contributed by atoms with van der Waals surface area (Å²) < 4.78 is 0. The predicted octanol–water partition coefficient (Wildman–Crippen LogP) is 1.20. The minimum absolute atomic E-state index is 0.222. The summed E-state index contributed by atoms with van der Waals surface area (Å²) in [4.78, 5) is 9.37. The summed E-state index contributed by atoms with van der Waals surface area (Å²) >= 11 is 0. The summed E-state index contributed by atoms with van der Waals surface area (Å²) in [6.45, 7) is 6.85. The van der Waals surface area contributed by atoms with Crippen LogP contribution in [0.2, 0.25) is 0 Å². The van der Waals surface area contributed by atoms with Gasteiger partial charge in [-0.25, -0.2) is 0 Å². The van der Waals surface area contributed by atoms with Gasteiger partial charge in [0.25, 0.3) is 0 Å². The zero-order valence-corrected chi connectivity index (χ0v) is 7.37. The van der Waals surface area contributed by atoms with Gasteiger partial charge in [0.05, 0.1) is 0 Å². The number of carboxylic acids is 1. The maximum Gasteiger partial charge on any atom is 0.303 e. The van der Waals surface area contributed by atoms with Crippen LogP contribution in [0, 0.1) is 0 Å². The van der Waals surface area contributed by atoms with E-state index in [-0.39, 0.29) is 6.42 Å². The van der Waals surface area contributed by atoms with Crippen molar-refractivity contribution in [2.75, 3.05) is 13.1 Å². The first-order valence-electron chi connectivity index (χ1n) is 3.74. The molecule has 0 fully saturated rings. The second-order valence-electron chi connectivity index (χ2n) is 1.89. The van der Waals surface area contributed by atoms with Crippen molar-refractivity contribution in [1.29, 1.82) is 0 Å². The molecule has 0 spiro atoms. The first kappa shape index (κ1) is 13.0. The van der Waals surface area contributed by atoms with Crippen molar-refractivity contribution in [1.82, 2.24) is 5.06 Å². The fourth-order valence-electron chi connectivity index (χ4n) is 0.224. The number of hydrogen-bond acceptors (Lipinski definition) is 3.